The lowest BCUT2D eigenvalue weighted by molar-refractivity contribution is -0.134. The third-order valence-electron chi connectivity index (χ3n) is 5.55. The number of rotatable bonds is 5. The Bertz CT molecular complexity index is 803. The van der Waals surface area contributed by atoms with E-state index in [1.165, 1.54) is 15.6 Å². The van der Waals surface area contributed by atoms with Gasteiger partial charge in [0, 0.05) is 19.6 Å². The Labute approximate surface area is 150 Å². The quantitative estimate of drug-likeness (QED) is 0.856. The van der Waals surface area contributed by atoms with E-state index >= 15 is 0 Å². The Morgan fingerprint density at radius 2 is 2.28 bits per heavy atom. The average Bonchev–Trinajstić information content (AvgIpc) is 2.96. The summed E-state index contributed by atoms with van der Waals surface area (Å²) in [4.78, 5) is 27.0. The zero-order valence-electron chi connectivity index (χ0n) is 14.4. The largest absolute Gasteiger partial charge is 0.345 e. The van der Waals surface area contributed by atoms with Crippen LogP contribution in [-0.4, -0.2) is 44.3 Å². The van der Waals surface area contributed by atoms with Gasteiger partial charge in [-0.15, -0.1) is 0 Å². The molecule has 1 aliphatic heterocycles. The minimum Gasteiger partial charge on any atom is -0.333 e. The average molecular weight is 361 g/mol. The van der Waals surface area contributed by atoms with E-state index in [-0.39, 0.29) is 29.6 Å². The van der Waals surface area contributed by atoms with Gasteiger partial charge in [-0.05, 0) is 60.2 Å². The monoisotopic (exact) mass is 361 g/mol. The first-order valence-corrected chi connectivity index (χ1v) is 9.63. The number of nitrogens with zero attached hydrogens (tertiary/aromatic N) is 4. The second kappa shape index (κ2) is 6.42. The molecule has 1 saturated heterocycles. The molecule has 134 valence electrons. The predicted molar refractivity (Wildman–Crippen MR) is 95.3 cm³/mol. The lowest BCUT2D eigenvalue weighted by Gasteiger charge is -2.29. The minimum absolute atomic E-state index is 0.00857. The van der Waals surface area contributed by atoms with E-state index in [1.807, 2.05) is 10.3 Å². The molecule has 1 unspecified atom stereocenters. The molecule has 0 bridgehead atoms. The first-order chi connectivity index (χ1) is 12.1. The smallest absolute Gasteiger partial charge is 0.333 e. The molecule has 1 atom stereocenters. The normalized spacial score (nSPS) is 21.4. The Morgan fingerprint density at radius 3 is 2.92 bits per heavy atom. The van der Waals surface area contributed by atoms with E-state index < -0.39 is 0 Å². The number of nitrogens with one attached hydrogen (secondary N) is 1. The minimum atomic E-state index is -0.254. The number of aryl methyl sites for hydroxylation is 1. The molecule has 7 nitrogen and oxygen atoms in total. The van der Waals surface area contributed by atoms with Crippen molar-refractivity contribution in [2.45, 2.75) is 38.4 Å². The number of amides is 1. The van der Waals surface area contributed by atoms with Crippen molar-refractivity contribution in [3.05, 3.63) is 39.2 Å². The van der Waals surface area contributed by atoms with E-state index in [9.17, 15) is 9.59 Å². The van der Waals surface area contributed by atoms with Crippen LogP contribution < -0.4 is 11.0 Å². The molecule has 8 heteroatoms. The number of carbonyl (C=O) groups excluding carboxylic acids is 1. The summed E-state index contributed by atoms with van der Waals surface area (Å²) < 4.78 is 2.64. The van der Waals surface area contributed by atoms with Gasteiger partial charge in [-0.3, -0.25) is 9.36 Å². The second-order valence-corrected chi connectivity index (χ2v) is 7.95. The van der Waals surface area contributed by atoms with E-state index in [4.69, 9.17) is 0 Å². The van der Waals surface area contributed by atoms with Crippen molar-refractivity contribution in [3.63, 3.8) is 0 Å². The maximum atomic E-state index is 13.0. The third kappa shape index (κ3) is 3.16. The van der Waals surface area contributed by atoms with Gasteiger partial charge in [0.05, 0.1) is 0 Å². The Hall–Kier alpha value is -1.93. The SMILES string of the molecule is Cn1cnn(CC(=O)N(Cc2ccsc2)C2CC23CCNCC3)c1=O. The summed E-state index contributed by atoms with van der Waals surface area (Å²) in [6.07, 6.45) is 4.76. The third-order valence-corrected chi connectivity index (χ3v) is 6.28. The van der Waals surface area contributed by atoms with Crippen LogP contribution in [0.5, 0.6) is 0 Å². The molecule has 2 aliphatic rings. The van der Waals surface area contributed by atoms with Gasteiger partial charge in [0.15, 0.2) is 0 Å². The van der Waals surface area contributed by atoms with Crippen LogP contribution in [0.2, 0.25) is 0 Å². The van der Waals surface area contributed by atoms with Crippen LogP contribution in [-0.2, 0) is 24.9 Å². The highest BCUT2D eigenvalue weighted by Gasteiger charge is 2.57. The molecule has 0 aromatic carbocycles. The summed E-state index contributed by atoms with van der Waals surface area (Å²) in [6, 6.07) is 2.34. The summed E-state index contributed by atoms with van der Waals surface area (Å²) in [7, 11) is 1.64. The number of hydrogen-bond donors (Lipinski definition) is 1. The second-order valence-electron chi connectivity index (χ2n) is 7.17. The van der Waals surface area contributed by atoms with Crippen LogP contribution >= 0.6 is 11.3 Å². The molecular formula is C17H23N5O2S. The summed E-state index contributed by atoms with van der Waals surface area (Å²) >= 11 is 1.64. The van der Waals surface area contributed by atoms with E-state index in [0.29, 0.717) is 6.54 Å². The molecule has 3 heterocycles. The van der Waals surface area contributed by atoms with Crippen molar-refractivity contribution in [2.75, 3.05) is 13.1 Å². The molecule has 25 heavy (non-hydrogen) atoms. The molecule has 1 spiro atoms. The van der Waals surface area contributed by atoms with Gasteiger partial charge in [0.1, 0.15) is 12.9 Å². The van der Waals surface area contributed by atoms with Crippen molar-refractivity contribution in [1.82, 2.24) is 24.6 Å². The van der Waals surface area contributed by atoms with Crippen LogP contribution in [0.15, 0.2) is 27.9 Å². The summed E-state index contributed by atoms with van der Waals surface area (Å²) in [5.74, 6) is -0.0209. The molecule has 2 aromatic rings. The number of aromatic nitrogens is 3. The molecule has 0 radical (unpaired) electrons. The van der Waals surface area contributed by atoms with Crippen molar-refractivity contribution in [1.29, 1.82) is 0 Å². The van der Waals surface area contributed by atoms with Gasteiger partial charge in [-0.25, -0.2) is 9.48 Å². The number of piperidine rings is 1. The molecule has 1 N–H and O–H groups in total. The highest BCUT2D eigenvalue weighted by atomic mass is 32.1. The lowest BCUT2D eigenvalue weighted by atomic mass is 9.93. The molecule has 1 amide bonds. The van der Waals surface area contributed by atoms with E-state index in [2.05, 4.69) is 21.9 Å². The van der Waals surface area contributed by atoms with E-state index in [1.54, 1.807) is 18.4 Å². The summed E-state index contributed by atoms with van der Waals surface area (Å²) in [5, 5.41) is 11.6. The van der Waals surface area contributed by atoms with Crippen molar-refractivity contribution in [3.8, 4) is 0 Å². The molecule has 1 aliphatic carbocycles. The summed E-state index contributed by atoms with van der Waals surface area (Å²) in [5.41, 5.74) is 1.17. The fourth-order valence-electron chi connectivity index (χ4n) is 3.93. The van der Waals surface area contributed by atoms with Gasteiger partial charge in [-0.2, -0.15) is 16.4 Å². The van der Waals surface area contributed by atoms with Gasteiger partial charge in [0.25, 0.3) is 0 Å². The number of hydrogen-bond acceptors (Lipinski definition) is 5. The van der Waals surface area contributed by atoms with Crippen LogP contribution in [0, 0.1) is 5.41 Å². The predicted octanol–water partition coefficient (Wildman–Crippen LogP) is 0.814. The molecular weight excluding hydrogens is 338 g/mol. The molecule has 4 rings (SSSR count). The van der Waals surface area contributed by atoms with Crippen LogP contribution in [0.1, 0.15) is 24.8 Å². The fraction of sp³-hybridized carbons (Fsp3) is 0.588. The van der Waals surface area contributed by atoms with Crippen LogP contribution in [0.4, 0.5) is 0 Å². The molecule has 2 aromatic heterocycles. The fourth-order valence-corrected chi connectivity index (χ4v) is 4.59. The van der Waals surface area contributed by atoms with Gasteiger partial charge < -0.3 is 10.2 Å². The first-order valence-electron chi connectivity index (χ1n) is 8.69. The topological polar surface area (TPSA) is 72.2 Å². The van der Waals surface area contributed by atoms with Gasteiger partial charge in [0.2, 0.25) is 5.91 Å². The maximum absolute atomic E-state index is 13.0. The van der Waals surface area contributed by atoms with Crippen molar-refractivity contribution < 1.29 is 4.79 Å². The van der Waals surface area contributed by atoms with Gasteiger partial charge >= 0.3 is 5.69 Å². The van der Waals surface area contributed by atoms with Crippen molar-refractivity contribution >= 4 is 17.2 Å². The number of carbonyl (C=O) groups is 1. The van der Waals surface area contributed by atoms with Crippen LogP contribution in [0.25, 0.3) is 0 Å². The maximum Gasteiger partial charge on any atom is 0.345 e. The Morgan fingerprint density at radius 1 is 1.48 bits per heavy atom. The Balaban J connectivity index is 1.54. The van der Waals surface area contributed by atoms with Crippen LogP contribution in [0.3, 0.4) is 0 Å². The van der Waals surface area contributed by atoms with E-state index in [0.717, 1.165) is 37.9 Å². The Kier molecular flexibility index (Phi) is 4.24. The number of thiophene rings is 1. The summed E-state index contributed by atoms with van der Waals surface area (Å²) in [6.45, 7) is 2.67. The highest BCUT2D eigenvalue weighted by Crippen LogP contribution is 2.56. The molecule has 2 fully saturated rings. The van der Waals surface area contributed by atoms with Crippen molar-refractivity contribution in [2.24, 2.45) is 12.5 Å². The van der Waals surface area contributed by atoms with Gasteiger partial charge in [-0.1, -0.05) is 0 Å². The zero-order valence-corrected chi connectivity index (χ0v) is 15.2. The highest BCUT2D eigenvalue weighted by molar-refractivity contribution is 7.07. The lowest BCUT2D eigenvalue weighted by Crippen LogP contribution is -2.41. The first kappa shape index (κ1) is 16.5. The zero-order chi connectivity index (χ0) is 17.4. The standard InChI is InChI=1S/C17H23N5O2S/c1-20-12-19-22(16(20)24)10-15(23)21(9-13-2-7-25-11-13)14-8-17(14)3-5-18-6-4-17/h2,7,11-12,14,18H,3-6,8-10H2,1H3. The molecule has 1 saturated carbocycles.